The van der Waals surface area contributed by atoms with E-state index < -0.39 is 0 Å². The number of hydrogen-bond acceptors (Lipinski definition) is 3. The molecule has 1 amide bonds. The van der Waals surface area contributed by atoms with E-state index in [4.69, 9.17) is 0 Å². The molecule has 0 saturated heterocycles. The lowest BCUT2D eigenvalue weighted by Crippen LogP contribution is -2.39. The maximum atomic E-state index is 11.2. The second-order valence-electron chi connectivity index (χ2n) is 3.75. The summed E-state index contributed by atoms with van der Waals surface area (Å²) in [4.78, 5) is 11.2. The van der Waals surface area contributed by atoms with Gasteiger partial charge in [-0.25, -0.2) is 0 Å². The molecule has 0 aromatic carbocycles. The summed E-state index contributed by atoms with van der Waals surface area (Å²) in [5.41, 5.74) is 2.02. The molecule has 1 aromatic rings. The van der Waals surface area contributed by atoms with Crippen molar-refractivity contribution < 1.29 is 4.79 Å². The first-order valence-corrected chi connectivity index (χ1v) is 5.06. The summed E-state index contributed by atoms with van der Waals surface area (Å²) in [5, 5.41) is 12.7. The Kier molecular flexibility index (Phi) is 4.30. The fraction of sp³-hybridized carbons (Fsp3) is 0.600. The highest BCUT2D eigenvalue weighted by molar-refractivity contribution is 5.78. The van der Waals surface area contributed by atoms with Gasteiger partial charge in [-0.15, -0.1) is 0 Å². The highest BCUT2D eigenvalue weighted by atomic mass is 16.1. The van der Waals surface area contributed by atoms with Crippen molar-refractivity contribution in [1.82, 2.24) is 20.8 Å². The van der Waals surface area contributed by atoms with Gasteiger partial charge < -0.3 is 10.6 Å². The SMILES string of the molecule is CNCC(=O)NC(C)Cc1cc(C)[nH]n1. The number of hydrogen-bond donors (Lipinski definition) is 3. The van der Waals surface area contributed by atoms with Crippen LogP contribution < -0.4 is 10.6 Å². The molecule has 0 saturated carbocycles. The zero-order valence-corrected chi connectivity index (χ0v) is 9.42. The first kappa shape index (κ1) is 11.7. The Morgan fingerprint density at radius 1 is 1.67 bits per heavy atom. The van der Waals surface area contributed by atoms with Gasteiger partial charge in [0.25, 0.3) is 0 Å². The lowest BCUT2D eigenvalue weighted by atomic mass is 10.2. The number of nitrogens with zero attached hydrogens (tertiary/aromatic N) is 1. The van der Waals surface area contributed by atoms with Crippen LogP contribution in [0, 0.1) is 6.92 Å². The molecule has 1 unspecified atom stereocenters. The monoisotopic (exact) mass is 210 g/mol. The maximum absolute atomic E-state index is 11.2. The van der Waals surface area contributed by atoms with Crippen molar-refractivity contribution in [3.8, 4) is 0 Å². The highest BCUT2D eigenvalue weighted by Gasteiger charge is 2.08. The maximum Gasteiger partial charge on any atom is 0.234 e. The van der Waals surface area contributed by atoms with Crippen LogP contribution in [0.25, 0.3) is 0 Å². The molecule has 0 spiro atoms. The average Bonchev–Trinajstić information content (AvgIpc) is 2.51. The molecule has 0 aliphatic carbocycles. The highest BCUT2D eigenvalue weighted by Crippen LogP contribution is 2.01. The summed E-state index contributed by atoms with van der Waals surface area (Å²) >= 11 is 0. The van der Waals surface area contributed by atoms with Crippen LogP contribution in [0.4, 0.5) is 0 Å². The zero-order valence-electron chi connectivity index (χ0n) is 9.42. The second-order valence-corrected chi connectivity index (χ2v) is 3.75. The van der Waals surface area contributed by atoms with E-state index in [2.05, 4.69) is 20.8 Å². The van der Waals surface area contributed by atoms with E-state index >= 15 is 0 Å². The van der Waals surface area contributed by atoms with E-state index in [9.17, 15) is 4.79 Å². The van der Waals surface area contributed by atoms with Crippen molar-refractivity contribution in [2.45, 2.75) is 26.3 Å². The molecule has 0 radical (unpaired) electrons. The normalized spacial score (nSPS) is 12.5. The van der Waals surface area contributed by atoms with Crippen LogP contribution in [-0.2, 0) is 11.2 Å². The standard InChI is InChI=1S/C10H18N4O/c1-7(12-10(15)6-11-3)4-9-5-8(2)13-14-9/h5,7,11H,4,6H2,1-3H3,(H,12,15)(H,13,14). The minimum atomic E-state index is 0.0113. The van der Waals surface area contributed by atoms with Crippen molar-refractivity contribution in [2.24, 2.45) is 0 Å². The van der Waals surface area contributed by atoms with E-state index in [0.717, 1.165) is 17.8 Å². The van der Waals surface area contributed by atoms with Crippen LogP contribution >= 0.6 is 0 Å². The minimum absolute atomic E-state index is 0.0113. The molecule has 0 aliphatic heterocycles. The number of H-pyrrole nitrogens is 1. The Hall–Kier alpha value is -1.36. The van der Waals surface area contributed by atoms with E-state index in [1.807, 2.05) is 19.9 Å². The van der Waals surface area contributed by atoms with Crippen molar-refractivity contribution in [2.75, 3.05) is 13.6 Å². The lowest BCUT2D eigenvalue weighted by Gasteiger charge is -2.11. The van der Waals surface area contributed by atoms with Gasteiger partial charge in [0, 0.05) is 18.2 Å². The third-order valence-corrected chi connectivity index (χ3v) is 2.02. The third-order valence-electron chi connectivity index (χ3n) is 2.02. The van der Waals surface area contributed by atoms with Crippen molar-refractivity contribution >= 4 is 5.91 Å². The Morgan fingerprint density at radius 3 is 2.93 bits per heavy atom. The topological polar surface area (TPSA) is 69.8 Å². The smallest absolute Gasteiger partial charge is 0.234 e. The summed E-state index contributed by atoms with van der Waals surface area (Å²) in [6.07, 6.45) is 0.750. The van der Waals surface area contributed by atoms with Crippen LogP contribution in [0.15, 0.2) is 6.07 Å². The molecule has 1 heterocycles. The Labute approximate surface area is 89.6 Å². The Balaban J connectivity index is 2.35. The van der Waals surface area contributed by atoms with Crippen molar-refractivity contribution in [3.63, 3.8) is 0 Å². The number of likely N-dealkylation sites (N-methyl/N-ethyl adjacent to an activating group) is 1. The molecule has 0 aliphatic rings. The van der Waals surface area contributed by atoms with Gasteiger partial charge in [-0.1, -0.05) is 0 Å². The van der Waals surface area contributed by atoms with Gasteiger partial charge in [-0.3, -0.25) is 9.89 Å². The van der Waals surface area contributed by atoms with Crippen LogP contribution in [-0.4, -0.2) is 35.7 Å². The fourth-order valence-corrected chi connectivity index (χ4v) is 1.43. The molecule has 5 heteroatoms. The zero-order chi connectivity index (χ0) is 11.3. The van der Waals surface area contributed by atoms with Crippen LogP contribution in [0.1, 0.15) is 18.3 Å². The first-order chi connectivity index (χ1) is 7.11. The van der Waals surface area contributed by atoms with Gasteiger partial charge in [-0.2, -0.15) is 5.10 Å². The van der Waals surface area contributed by atoms with E-state index in [-0.39, 0.29) is 11.9 Å². The predicted molar refractivity (Wildman–Crippen MR) is 58.6 cm³/mol. The first-order valence-electron chi connectivity index (χ1n) is 5.06. The summed E-state index contributed by atoms with van der Waals surface area (Å²) in [6, 6.07) is 2.09. The molecule has 1 aromatic heterocycles. The van der Waals surface area contributed by atoms with Crippen LogP contribution in [0.3, 0.4) is 0 Å². The van der Waals surface area contributed by atoms with Crippen molar-refractivity contribution in [3.05, 3.63) is 17.5 Å². The van der Waals surface area contributed by atoms with E-state index in [0.29, 0.717) is 6.54 Å². The predicted octanol–water partition coefficient (Wildman–Crippen LogP) is -0.0153. The summed E-state index contributed by atoms with van der Waals surface area (Å²) in [7, 11) is 1.75. The van der Waals surface area contributed by atoms with Gasteiger partial charge in [-0.05, 0) is 27.0 Å². The molecular weight excluding hydrogens is 192 g/mol. The Morgan fingerprint density at radius 2 is 2.40 bits per heavy atom. The molecule has 84 valence electrons. The molecule has 3 N–H and O–H groups in total. The van der Waals surface area contributed by atoms with Gasteiger partial charge in [0.1, 0.15) is 0 Å². The number of aromatic amines is 1. The number of rotatable bonds is 5. The molecule has 1 rings (SSSR count). The van der Waals surface area contributed by atoms with Crippen molar-refractivity contribution in [1.29, 1.82) is 0 Å². The van der Waals surface area contributed by atoms with Gasteiger partial charge in [0.15, 0.2) is 0 Å². The summed E-state index contributed by atoms with van der Waals surface area (Å²) in [5.74, 6) is 0.0113. The number of aromatic nitrogens is 2. The average molecular weight is 210 g/mol. The quantitative estimate of drug-likeness (QED) is 0.640. The molecule has 0 bridgehead atoms. The number of carbonyl (C=O) groups excluding carboxylic acids is 1. The van der Waals surface area contributed by atoms with E-state index in [1.165, 1.54) is 0 Å². The second kappa shape index (κ2) is 5.50. The summed E-state index contributed by atoms with van der Waals surface area (Å²) < 4.78 is 0. The number of carbonyl (C=O) groups is 1. The minimum Gasteiger partial charge on any atom is -0.352 e. The molecule has 5 nitrogen and oxygen atoms in total. The molecule has 0 fully saturated rings. The number of nitrogens with one attached hydrogen (secondary N) is 3. The molecule has 1 atom stereocenters. The summed E-state index contributed by atoms with van der Waals surface area (Å²) in [6.45, 7) is 4.28. The Bertz CT molecular complexity index is 321. The fourth-order valence-electron chi connectivity index (χ4n) is 1.43. The number of amides is 1. The largest absolute Gasteiger partial charge is 0.352 e. The van der Waals surface area contributed by atoms with Crippen LogP contribution in [0.2, 0.25) is 0 Å². The number of aryl methyl sites for hydroxylation is 1. The molecule has 15 heavy (non-hydrogen) atoms. The third kappa shape index (κ3) is 4.12. The van der Waals surface area contributed by atoms with Gasteiger partial charge in [0.05, 0.1) is 12.2 Å². The van der Waals surface area contributed by atoms with Gasteiger partial charge >= 0.3 is 0 Å². The van der Waals surface area contributed by atoms with E-state index in [1.54, 1.807) is 7.05 Å². The lowest BCUT2D eigenvalue weighted by molar-refractivity contribution is -0.120. The van der Waals surface area contributed by atoms with Gasteiger partial charge in [0.2, 0.25) is 5.91 Å². The molecular formula is C10H18N4O. The van der Waals surface area contributed by atoms with Crippen LogP contribution in [0.5, 0.6) is 0 Å².